The Labute approximate surface area is 172 Å². The predicted molar refractivity (Wildman–Crippen MR) is 109 cm³/mol. The first-order chi connectivity index (χ1) is 13.4. The second kappa shape index (κ2) is 7.15. The zero-order chi connectivity index (χ0) is 20.0. The van der Waals surface area contributed by atoms with Crippen LogP contribution in [-0.2, 0) is 20.7 Å². The van der Waals surface area contributed by atoms with Crippen LogP contribution in [0, 0.1) is 0 Å². The predicted octanol–water partition coefficient (Wildman–Crippen LogP) is 4.51. The number of rotatable bonds is 2. The molecule has 2 atom stereocenters. The van der Waals surface area contributed by atoms with Crippen molar-refractivity contribution in [2.75, 3.05) is 7.11 Å². The minimum atomic E-state index is -0.744. The molecule has 1 aliphatic heterocycles. The molecule has 5 nitrogen and oxygen atoms in total. The first kappa shape index (κ1) is 18.8. The number of aromatic amines is 1. The Morgan fingerprint density at radius 2 is 1.93 bits per heavy atom. The van der Waals surface area contributed by atoms with E-state index in [1.807, 2.05) is 24.3 Å². The molecule has 1 N–H and O–H groups in total. The molecule has 0 fully saturated rings. The normalized spacial score (nSPS) is 18.8. The van der Waals surface area contributed by atoms with Gasteiger partial charge >= 0.3 is 5.97 Å². The monoisotopic (exact) mass is 416 g/mol. The zero-order valence-corrected chi connectivity index (χ0v) is 16.8. The summed E-state index contributed by atoms with van der Waals surface area (Å²) in [6, 6.07) is 11.7. The number of benzene rings is 2. The lowest BCUT2D eigenvalue weighted by Gasteiger charge is -2.40. The average Bonchev–Trinajstić information content (AvgIpc) is 3.04. The minimum absolute atomic E-state index is 0.240. The fourth-order valence-electron chi connectivity index (χ4n) is 4.05. The Balaban J connectivity index is 2.01. The van der Waals surface area contributed by atoms with Crippen molar-refractivity contribution in [3.05, 3.63) is 69.3 Å². The number of para-hydroxylation sites is 1. The molecule has 0 spiro atoms. The average molecular weight is 417 g/mol. The van der Waals surface area contributed by atoms with Crippen LogP contribution < -0.4 is 0 Å². The molecule has 4 rings (SSSR count). The standard InChI is InChI=1S/C21H18Cl2N2O3/c1-11(26)25-18(21(27)28-2)10-15-13-5-3-4-6-17(13)24-19(15)20(25)14-8-7-12(22)9-16(14)23/h3-9,18,20,24H,10H2,1-2H3. The molecule has 3 aromatic rings. The van der Waals surface area contributed by atoms with Crippen molar-refractivity contribution >= 4 is 46.0 Å². The zero-order valence-electron chi connectivity index (χ0n) is 15.3. The Hall–Kier alpha value is -2.50. The smallest absolute Gasteiger partial charge is 0.328 e. The van der Waals surface area contributed by atoms with E-state index in [2.05, 4.69) is 4.98 Å². The third-order valence-electron chi connectivity index (χ3n) is 5.23. The number of esters is 1. The first-order valence-electron chi connectivity index (χ1n) is 8.83. The van der Waals surface area contributed by atoms with E-state index in [1.54, 1.807) is 23.1 Å². The Kier molecular flexibility index (Phi) is 4.81. The number of ether oxygens (including phenoxy) is 1. The first-order valence-corrected chi connectivity index (χ1v) is 9.59. The van der Waals surface area contributed by atoms with Gasteiger partial charge in [0, 0.05) is 40.0 Å². The third kappa shape index (κ3) is 2.95. The summed E-state index contributed by atoms with van der Waals surface area (Å²) in [4.78, 5) is 30.2. The number of carbonyl (C=O) groups excluding carboxylic acids is 2. The number of fused-ring (bicyclic) bond motifs is 3. The van der Waals surface area contributed by atoms with Crippen molar-refractivity contribution in [3.63, 3.8) is 0 Å². The number of hydrogen-bond acceptors (Lipinski definition) is 3. The van der Waals surface area contributed by atoms with E-state index in [9.17, 15) is 9.59 Å². The summed E-state index contributed by atoms with van der Waals surface area (Å²) in [6.45, 7) is 1.44. The Bertz CT molecular complexity index is 1090. The van der Waals surface area contributed by atoms with Gasteiger partial charge in [0.1, 0.15) is 6.04 Å². The maximum absolute atomic E-state index is 12.7. The summed E-state index contributed by atoms with van der Waals surface area (Å²) in [5.41, 5.74) is 3.47. The molecule has 144 valence electrons. The highest BCUT2D eigenvalue weighted by atomic mass is 35.5. The quantitative estimate of drug-likeness (QED) is 0.625. The maximum Gasteiger partial charge on any atom is 0.328 e. The molecule has 0 radical (unpaired) electrons. The fraction of sp³-hybridized carbons (Fsp3) is 0.238. The Morgan fingerprint density at radius 1 is 1.18 bits per heavy atom. The molecule has 0 bridgehead atoms. The van der Waals surface area contributed by atoms with Gasteiger partial charge in [-0.2, -0.15) is 0 Å². The molecule has 1 aliphatic rings. The highest BCUT2D eigenvalue weighted by Crippen LogP contribution is 2.43. The van der Waals surface area contributed by atoms with Crippen molar-refractivity contribution in [3.8, 4) is 0 Å². The Morgan fingerprint density at radius 3 is 2.61 bits per heavy atom. The lowest BCUT2D eigenvalue weighted by atomic mass is 9.88. The number of H-pyrrole nitrogens is 1. The number of nitrogens with zero attached hydrogens (tertiary/aromatic N) is 1. The number of aromatic nitrogens is 1. The topological polar surface area (TPSA) is 62.4 Å². The van der Waals surface area contributed by atoms with Crippen LogP contribution in [0.5, 0.6) is 0 Å². The fourth-order valence-corrected chi connectivity index (χ4v) is 4.56. The summed E-state index contributed by atoms with van der Waals surface area (Å²) in [5.74, 6) is -0.697. The second-order valence-corrected chi connectivity index (χ2v) is 7.64. The summed E-state index contributed by atoms with van der Waals surface area (Å²) < 4.78 is 5.01. The van der Waals surface area contributed by atoms with Crippen LogP contribution in [0.4, 0.5) is 0 Å². The van der Waals surface area contributed by atoms with Gasteiger partial charge in [-0.1, -0.05) is 47.5 Å². The highest BCUT2D eigenvalue weighted by molar-refractivity contribution is 6.35. The van der Waals surface area contributed by atoms with Gasteiger partial charge in [0.15, 0.2) is 0 Å². The molecule has 1 aromatic heterocycles. The van der Waals surface area contributed by atoms with Gasteiger partial charge in [-0.3, -0.25) is 4.79 Å². The number of amides is 1. The molecule has 0 saturated carbocycles. The highest BCUT2D eigenvalue weighted by Gasteiger charge is 2.43. The second-order valence-electron chi connectivity index (χ2n) is 6.80. The lowest BCUT2D eigenvalue weighted by molar-refractivity contribution is -0.154. The molecule has 2 aromatic carbocycles. The molecular formula is C21H18Cl2N2O3. The lowest BCUT2D eigenvalue weighted by Crippen LogP contribution is -2.51. The molecule has 28 heavy (non-hydrogen) atoms. The molecule has 1 amide bonds. The van der Waals surface area contributed by atoms with Crippen LogP contribution in [0.1, 0.15) is 29.8 Å². The molecule has 2 unspecified atom stereocenters. The van der Waals surface area contributed by atoms with Gasteiger partial charge in [-0.25, -0.2) is 4.79 Å². The maximum atomic E-state index is 12.7. The number of nitrogens with one attached hydrogen (secondary N) is 1. The molecule has 0 aliphatic carbocycles. The van der Waals surface area contributed by atoms with E-state index in [1.165, 1.54) is 14.0 Å². The van der Waals surface area contributed by atoms with Crippen LogP contribution in [0.2, 0.25) is 10.0 Å². The van der Waals surface area contributed by atoms with Gasteiger partial charge in [0.2, 0.25) is 5.91 Å². The van der Waals surface area contributed by atoms with Gasteiger partial charge in [0.25, 0.3) is 0 Å². The third-order valence-corrected chi connectivity index (χ3v) is 5.79. The van der Waals surface area contributed by atoms with Gasteiger partial charge in [-0.05, 0) is 29.3 Å². The number of methoxy groups -OCH3 is 1. The molecule has 2 heterocycles. The van der Waals surface area contributed by atoms with Crippen molar-refractivity contribution in [1.29, 1.82) is 0 Å². The van der Waals surface area contributed by atoms with Gasteiger partial charge in [-0.15, -0.1) is 0 Å². The van der Waals surface area contributed by atoms with E-state index in [0.29, 0.717) is 22.0 Å². The summed E-state index contributed by atoms with van der Waals surface area (Å²) in [6.07, 6.45) is 0.368. The minimum Gasteiger partial charge on any atom is -0.467 e. The van der Waals surface area contributed by atoms with Crippen LogP contribution in [0.3, 0.4) is 0 Å². The van der Waals surface area contributed by atoms with Gasteiger partial charge in [0.05, 0.1) is 13.2 Å². The van der Waals surface area contributed by atoms with Crippen molar-refractivity contribution < 1.29 is 14.3 Å². The molecular weight excluding hydrogens is 399 g/mol. The van der Waals surface area contributed by atoms with Gasteiger partial charge < -0.3 is 14.6 Å². The summed E-state index contributed by atoms with van der Waals surface area (Å²) >= 11 is 12.6. The van der Waals surface area contributed by atoms with E-state index in [4.69, 9.17) is 27.9 Å². The van der Waals surface area contributed by atoms with Crippen molar-refractivity contribution in [1.82, 2.24) is 9.88 Å². The van der Waals surface area contributed by atoms with Crippen LogP contribution >= 0.6 is 23.2 Å². The van der Waals surface area contributed by atoms with E-state index >= 15 is 0 Å². The SMILES string of the molecule is COC(=O)C1Cc2c([nH]c3ccccc23)C(c2ccc(Cl)cc2Cl)N1C(C)=O. The number of hydrogen-bond donors (Lipinski definition) is 1. The van der Waals surface area contributed by atoms with Crippen LogP contribution in [-0.4, -0.2) is 34.9 Å². The number of carbonyl (C=O) groups is 2. The van der Waals surface area contributed by atoms with Crippen molar-refractivity contribution in [2.45, 2.75) is 25.4 Å². The van der Waals surface area contributed by atoms with Crippen LogP contribution in [0.15, 0.2) is 42.5 Å². The number of halogens is 2. The van der Waals surface area contributed by atoms with E-state index in [-0.39, 0.29) is 5.91 Å². The van der Waals surface area contributed by atoms with E-state index in [0.717, 1.165) is 22.2 Å². The van der Waals surface area contributed by atoms with Crippen LogP contribution in [0.25, 0.3) is 10.9 Å². The summed E-state index contributed by atoms with van der Waals surface area (Å²) in [7, 11) is 1.33. The largest absolute Gasteiger partial charge is 0.467 e. The van der Waals surface area contributed by atoms with E-state index < -0.39 is 18.1 Å². The summed E-state index contributed by atoms with van der Waals surface area (Å²) in [5, 5.41) is 1.95. The van der Waals surface area contributed by atoms with Crippen molar-refractivity contribution in [2.24, 2.45) is 0 Å². The molecule has 0 saturated heterocycles. The molecule has 7 heteroatoms.